The number of hydrogen-bond donors (Lipinski definition) is 2. The van der Waals surface area contributed by atoms with Crippen LogP contribution in [0.3, 0.4) is 0 Å². The van der Waals surface area contributed by atoms with Gasteiger partial charge < -0.3 is 19.9 Å². The van der Waals surface area contributed by atoms with Gasteiger partial charge in [-0.05, 0) is 24.5 Å². The second kappa shape index (κ2) is 9.38. The van der Waals surface area contributed by atoms with Crippen LogP contribution in [0.2, 0.25) is 0 Å². The van der Waals surface area contributed by atoms with Crippen LogP contribution in [-0.4, -0.2) is 81.8 Å². The van der Waals surface area contributed by atoms with Gasteiger partial charge in [-0.25, -0.2) is 18.9 Å². The summed E-state index contributed by atoms with van der Waals surface area (Å²) in [5, 5.41) is 7.47. The zero-order chi connectivity index (χ0) is 25.6. The maximum absolute atomic E-state index is 16.2. The van der Waals surface area contributed by atoms with Crippen LogP contribution in [0, 0.1) is 5.82 Å². The summed E-state index contributed by atoms with van der Waals surface area (Å²) < 4.78 is 23.4. The van der Waals surface area contributed by atoms with E-state index in [9.17, 15) is 4.79 Å². The number of hydrogen-bond acceptors (Lipinski definition) is 7. The maximum atomic E-state index is 16.2. The van der Waals surface area contributed by atoms with Crippen molar-refractivity contribution >= 4 is 28.3 Å². The number of piperazine rings is 1. The first kappa shape index (κ1) is 24.0. The predicted molar refractivity (Wildman–Crippen MR) is 136 cm³/mol. The lowest BCUT2D eigenvalue weighted by atomic mass is 9.96. The Hall–Kier alpha value is -3.73. The van der Waals surface area contributed by atoms with Crippen molar-refractivity contribution in [2.45, 2.75) is 32.7 Å². The van der Waals surface area contributed by atoms with Crippen molar-refractivity contribution in [3.8, 4) is 17.0 Å². The third-order valence-corrected chi connectivity index (χ3v) is 6.86. The summed E-state index contributed by atoms with van der Waals surface area (Å²) in [6, 6.07) is 1.89. The molecule has 1 aliphatic heterocycles. The van der Waals surface area contributed by atoms with Crippen molar-refractivity contribution in [2.24, 2.45) is 0 Å². The topological polar surface area (TPSA) is 104 Å². The van der Waals surface area contributed by atoms with Gasteiger partial charge in [0.15, 0.2) is 23.0 Å². The average molecular weight is 495 g/mol. The number of likely N-dealkylation sites (N-methyl/N-ethyl adjacent to an activating group) is 1. The van der Waals surface area contributed by atoms with Gasteiger partial charge in [-0.3, -0.25) is 9.69 Å². The summed E-state index contributed by atoms with van der Waals surface area (Å²) in [5.41, 5.74) is 3.75. The minimum atomic E-state index is -0.334. The molecule has 190 valence electrons. The fraction of sp³-hybridized carbons (Fsp3) is 0.440. The Labute approximate surface area is 208 Å². The lowest BCUT2D eigenvalue weighted by Crippen LogP contribution is -2.54. The quantitative estimate of drug-likeness (QED) is 0.425. The number of nitrogens with one attached hydrogen (secondary N) is 2. The molecule has 0 aliphatic carbocycles. The summed E-state index contributed by atoms with van der Waals surface area (Å²) in [7, 11) is 3.22. The summed E-state index contributed by atoms with van der Waals surface area (Å²) in [5.74, 6) is 0.604. The van der Waals surface area contributed by atoms with E-state index in [1.807, 2.05) is 24.1 Å². The highest BCUT2D eigenvalue weighted by molar-refractivity contribution is 5.93. The molecule has 10 nitrogen and oxygen atoms in total. The van der Waals surface area contributed by atoms with Crippen molar-refractivity contribution in [1.29, 1.82) is 0 Å². The van der Waals surface area contributed by atoms with Crippen LogP contribution >= 0.6 is 0 Å². The number of fused-ring (bicyclic) bond motifs is 2. The molecule has 1 amide bonds. The number of H-pyrrole nitrogens is 1. The van der Waals surface area contributed by atoms with Crippen molar-refractivity contribution in [1.82, 2.24) is 34.8 Å². The van der Waals surface area contributed by atoms with Crippen LogP contribution in [-0.2, 0) is 4.79 Å². The van der Waals surface area contributed by atoms with E-state index in [1.54, 1.807) is 24.9 Å². The van der Waals surface area contributed by atoms with E-state index in [1.165, 1.54) is 6.33 Å². The van der Waals surface area contributed by atoms with Crippen LogP contribution in [0.15, 0.2) is 24.8 Å². The molecule has 1 fully saturated rings. The second-order valence-electron chi connectivity index (χ2n) is 9.53. The molecule has 5 rings (SSSR count). The SMILES string of the molecule is CNC(=O)CN1CCN(c2ncc3[nH]c(-c4cc(OC)c5ncnn5c4)c(C(C)C)c3c2F)[C@H](C)C1. The number of carbonyl (C=O) groups excluding carboxylic acids is 1. The Morgan fingerprint density at radius 1 is 1.33 bits per heavy atom. The van der Waals surface area contributed by atoms with Crippen LogP contribution in [0.25, 0.3) is 27.8 Å². The average Bonchev–Trinajstić information content (AvgIpc) is 3.49. The van der Waals surface area contributed by atoms with E-state index < -0.39 is 0 Å². The monoisotopic (exact) mass is 494 g/mol. The molecule has 1 saturated heterocycles. The number of halogens is 1. The van der Waals surface area contributed by atoms with Crippen molar-refractivity contribution in [3.63, 3.8) is 0 Å². The number of aromatic nitrogens is 5. The number of rotatable bonds is 6. The maximum Gasteiger partial charge on any atom is 0.233 e. The molecule has 0 bridgehead atoms. The van der Waals surface area contributed by atoms with E-state index in [4.69, 9.17) is 4.74 Å². The number of carbonyl (C=O) groups is 1. The van der Waals surface area contributed by atoms with Crippen LogP contribution in [0.4, 0.5) is 10.2 Å². The van der Waals surface area contributed by atoms with E-state index in [0.29, 0.717) is 54.3 Å². The molecule has 11 heteroatoms. The molecule has 2 N–H and O–H groups in total. The Morgan fingerprint density at radius 2 is 2.14 bits per heavy atom. The highest BCUT2D eigenvalue weighted by Crippen LogP contribution is 2.40. The highest BCUT2D eigenvalue weighted by Gasteiger charge is 2.30. The third-order valence-electron chi connectivity index (χ3n) is 6.86. The fourth-order valence-electron chi connectivity index (χ4n) is 5.12. The molecule has 0 aromatic carbocycles. The first-order valence-corrected chi connectivity index (χ1v) is 12.1. The Balaban J connectivity index is 1.57. The minimum absolute atomic E-state index is 0.00255. The number of amides is 1. The molecule has 4 aromatic heterocycles. The van der Waals surface area contributed by atoms with Gasteiger partial charge >= 0.3 is 0 Å². The zero-order valence-corrected chi connectivity index (χ0v) is 21.2. The van der Waals surface area contributed by atoms with Gasteiger partial charge in [0.1, 0.15) is 6.33 Å². The summed E-state index contributed by atoms with van der Waals surface area (Å²) in [4.78, 5) is 28.1. The predicted octanol–water partition coefficient (Wildman–Crippen LogP) is 2.80. The van der Waals surface area contributed by atoms with Gasteiger partial charge in [0.05, 0.1) is 31.1 Å². The molecule has 1 atom stereocenters. The van der Waals surface area contributed by atoms with Crippen molar-refractivity contribution < 1.29 is 13.9 Å². The zero-order valence-electron chi connectivity index (χ0n) is 21.2. The summed E-state index contributed by atoms with van der Waals surface area (Å²) in [6.07, 6.45) is 5.04. The number of anilines is 1. The van der Waals surface area contributed by atoms with Crippen LogP contribution < -0.4 is 15.0 Å². The molecule has 0 spiro atoms. The van der Waals surface area contributed by atoms with Gasteiger partial charge in [0.2, 0.25) is 5.91 Å². The van der Waals surface area contributed by atoms with Crippen molar-refractivity contribution in [3.05, 3.63) is 36.2 Å². The molecule has 1 aliphatic rings. The third kappa shape index (κ3) is 4.02. The Bertz CT molecular complexity index is 1430. The van der Waals surface area contributed by atoms with Gasteiger partial charge in [-0.15, -0.1) is 0 Å². The number of ether oxygens (including phenoxy) is 1. The Kier molecular flexibility index (Phi) is 6.25. The minimum Gasteiger partial charge on any atom is -0.493 e. The first-order chi connectivity index (χ1) is 17.3. The van der Waals surface area contributed by atoms with Gasteiger partial charge in [-0.2, -0.15) is 5.10 Å². The van der Waals surface area contributed by atoms with E-state index in [-0.39, 0.29) is 23.7 Å². The molecule has 0 saturated carbocycles. The Morgan fingerprint density at radius 3 is 2.83 bits per heavy atom. The van der Waals surface area contributed by atoms with Gasteiger partial charge in [0, 0.05) is 49.9 Å². The lowest BCUT2D eigenvalue weighted by Gasteiger charge is -2.40. The largest absolute Gasteiger partial charge is 0.493 e. The van der Waals surface area contributed by atoms with Gasteiger partial charge in [-0.1, -0.05) is 13.8 Å². The standard InChI is InChI=1S/C25H31FN8O2/c1-14(2)20-21-17(31-23(20)16-8-18(36-5)24-29-13-30-34(24)11-16)9-28-25(22(21)26)33-7-6-32(10-15(33)3)12-19(35)27-4/h8-9,11,13-15,31H,6-7,10,12H2,1-5H3,(H,27,35)/t15-/m1/s1. The van der Waals surface area contributed by atoms with Crippen LogP contribution in [0.5, 0.6) is 5.75 Å². The molecular formula is C25H31FN8O2. The summed E-state index contributed by atoms with van der Waals surface area (Å²) >= 11 is 0. The van der Waals surface area contributed by atoms with Crippen LogP contribution in [0.1, 0.15) is 32.3 Å². The molecule has 0 radical (unpaired) electrons. The molecule has 5 heterocycles. The number of nitrogens with zero attached hydrogens (tertiary/aromatic N) is 6. The van der Waals surface area contributed by atoms with Gasteiger partial charge in [0.25, 0.3) is 0 Å². The number of methoxy groups -OCH3 is 1. The lowest BCUT2D eigenvalue weighted by molar-refractivity contribution is -0.121. The van der Waals surface area contributed by atoms with E-state index >= 15 is 4.39 Å². The smallest absolute Gasteiger partial charge is 0.233 e. The number of aromatic amines is 1. The van der Waals surface area contributed by atoms with E-state index in [2.05, 4.69) is 44.1 Å². The normalized spacial score (nSPS) is 16.9. The molecule has 4 aromatic rings. The van der Waals surface area contributed by atoms with Crippen molar-refractivity contribution in [2.75, 3.05) is 45.2 Å². The second-order valence-corrected chi connectivity index (χ2v) is 9.53. The number of pyridine rings is 2. The molecule has 36 heavy (non-hydrogen) atoms. The summed E-state index contributed by atoms with van der Waals surface area (Å²) in [6.45, 7) is 8.37. The first-order valence-electron chi connectivity index (χ1n) is 12.1. The molecular weight excluding hydrogens is 463 g/mol. The fourth-order valence-corrected chi connectivity index (χ4v) is 5.12. The van der Waals surface area contributed by atoms with E-state index in [0.717, 1.165) is 16.8 Å². The molecule has 0 unspecified atom stereocenters. The highest BCUT2D eigenvalue weighted by atomic mass is 19.1.